The standard InChI is InChI=1S/C22H20O9/c1-11(23)29-14-8-6-13(7-9-14)19-22(28-5)18(25)17-15(31-19)10-16(26-3)20(21(17)27-4)30-12(2)24/h6-10H,1-5H3. The molecule has 0 aliphatic carbocycles. The van der Waals surface area contributed by atoms with Gasteiger partial charge in [-0.05, 0) is 24.3 Å². The summed E-state index contributed by atoms with van der Waals surface area (Å²) in [4.78, 5) is 35.9. The minimum Gasteiger partial charge on any atom is -0.493 e. The Morgan fingerprint density at radius 3 is 1.94 bits per heavy atom. The summed E-state index contributed by atoms with van der Waals surface area (Å²) in [6, 6.07) is 7.78. The lowest BCUT2D eigenvalue weighted by Gasteiger charge is -2.16. The summed E-state index contributed by atoms with van der Waals surface area (Å²) in [6.45, 7) is 2.51. The van der Waals surface area contributed by atoms with Crippen LogP contribution in [0.3, 0.4) is 0 Å². The molecule has 31 heavy (non-hydrogen) atoms. The third-order valence-electron chi connectivity index (χ3n) is 4.27. The molecular formula is C22H20O9. The Labute approximate surface area is 177 Å². The summed E-state index contributed by atoms with van der Waals surface area (Å²) >= 11 is 0. The average molecular weight is 428 g/mol. The Hall–Kier alpha value is -4.01. The lowest BCUT2D eigenvalue weighted by molar-refractivity contribution is -0.132. The van der Waals surface area contributed by atoms with E-state index in [1.807, 2.05) is 0 Å². The van der Waals surface area contributed by atoms with Crippen molar-refractivity contribution in [3.8, 4) is 40.1 Å². The average Bonchev–Trinajstić information content (AvgIpc) is 2.73. The fourth-order valence-electron chi connectivity index (χ4n) is 3.07. The molecule has 0 aliphatic heterocycles. The molecule has 3 rings (SSSR count). The van der Waals surface area contributed by atoms with Crippen LogP contribution in [-0.4, -0.2) is 33.3 Å². The molecule has 3 aromatic rings. The topological polar surface area (TPSA) is 110 Å². The molecule has 0 saturated heterocycles. The highest BCUT2D eigenvalue weighted by Crippen LogP contribution is 2.44. The number of fused-ring (bicyclic) bond motifs is 1. The van der Waals surface area contributed by atoms with Crippen LogP contribution in [0.2, 0.25) is 0 Å². The molecule has 1 heterocycles. The summed E-state index contributed by atoms with van der Waals surface area (Å²) in [6.07, 6.45) is 0. The van der Waals surface area contributed by atoms with Gasteiger partial charge in [-0.3, -0.25) is 14.4 Å². The normalized spacial score (nSPS) is 10.5. The second-order valence-corrected chi connectivity index (χ2v) is 6.32. The van der Waals surface area contributed by atoms with Crippen molar-refractivity contribution in [2.24, 2.45) is 0 Å². The van der Waals surface area contributed by atoms with Crippen LogP contribution in [0.5, 0.6) is 28.7 Å². The van der Waals surface area contributed by atoms with Crippen molar-refractivity contribution in [3.05, 3.63) is 40.6 Å². The van der Waals surface area contributed by atoms with Crippen molar-refractivity contribution in [2.75, 3.05) is 21.3 Å². The molecule has 0 saturated carbocycles. The Kier molecular flexibility index (Phi) is 6.15. The van der Waals surface area contributed by atoms with E-state index >= 15 is 0 Å². The number of hydrogen-bond donors (Lipinski definition) is 0. The lowest BCUT2D eigenvalue weighted by Crippen LogP contribution is -2.11. The van der Waals surface area contributed by atoms with E-state index in [9.17, 15) is 14.4 Å². The first kappa shape index (κ1) is 21.7. The van der Waals surface area contributed by atoms with E-state index in [1.165, 1.54) is 41.2 Å². The van der Waals surface area contributed by atoms with Gasteiger partial charge in [-0.25, -0.2) is 0 Å². The van der Waals surface area contributed by atoms with Crippen molar-refractivity contribution in [1.82, 2.24) is 0 Å². The SMILES string of the molecule is COc1cc2oc(-c3ccc(OC(C)=O)cc3)c(OC)c(=O)c2c(OC)c1OC(C)=O. The molecule has 0 fully saturated rings. The zero-order valence-electron chi connectivity index (χ0n) is 17.6. The van der Waals surface area contributed by atoms with Crippen LogP contribution in [0.1, 0.15) is 13.8 Å². The molecule has 0 atom stereocenters. The van der Waals surface area contributed by atoms with Crippen molar-refractivity contribution < 1.29 is 37.7 Å². The molecule has 0 spiro atoms. The van der Waals surface area contributed by atoms with Crippen LogP contribution in [0.25, 0.3) is 22.3 Å². The number of hydrogen-bond acceptors (Lipinski definition) is 9. The van der Waals surface area contributed by atoms with Gasteiger partial charge in [0.1, 0.15) is 16.7 Å². The summed E-state index contributed by atoms with van der Waals surface area (Å²) in [5.41, 5.74) is 0.110. The molecule has 2 aromatic carbocycles. The molecule has 1 aromatic heterocycles. The predicted molar refractivity (Wildman–Crippen MR) is 110 cm³/mol. The Balaban J connectivity index is 2.29. The highest BCUT2D eigenvalue weighted by atomic mass is 16.6. The first-order chi connectivity index (χ1) is 14.8. The van der Waals surface area contributed by atoms with Crippen molar-refractivity contribution in [2.45, 2.75) is 13.8 Å². The van der Waals surface area contributed by atoms with Crippen molar-refractivity contribution in [1.29, 1.82) is 0 Å². The molecular weight excluding hydrogens is 408 g/mol. The van der Waals surface area contributed by atoms with E-state index in [0.717, 1.165) is 0 Å². The maximum atomic E-state index is 13.3. The maximum Gasteiger partial charge on any atom is 0.308 e. The first-order valence-corrected chi connectivity index (χ1v) is 9.07. The van der Waals surface area contributed by atoms with Gasteiger partial charge in [-0.15, -0.1) is 0 Å². The van der Waals surface area contributed by atoms with Gasteiger partial charge in [0, 0.05) is 25.5 Å². The van der Waals surface area contributed by atoms with Crippen LogP contribution in [0.4, 0.5) is 0 Å². The van der Waals surface area contributed by atoms with Crippen LogP contribution < -0.4 is 29.1 Å². The van der Waals surface area contributed by atoms with Gasteiger partial charge >= 0.3 is 11.9 Å². The third kappa shape index (κ3) is 4.16. The fraction of sp³-hybridized carbons (Fsp3) is 0.227. The second kappa shape index (κ2) is 8.78. The molecule has 9 nitrogen and oxygen atoms in total. The summed E-state index contributed by atoms with van der Waals surface area (Å²) < 4.78 is 32.2. The second-order valence-electron chi connectivity index (χ2n) is 6.32. The van der Waals surface area contributed by atoms with E-state index < -0.39 is 17.4 Å². The number of benzene rings is 2. The molecule has 0 N–H and O–H groups in total. The lowest BCUT2D eigenvalue weighted by atomic mass is 10.1. The first-order valence-electron chi connectivity index (χ1n) is 9.07. The summed E-state index contributed by atoms with van der Waals surface area (Å²) in [5.74, 6) is -0.575. The molecule has 9 heteroatoms. The van der Waals surface area contributed by atoms with Gasteiger partial charge < -0.3 is 28.1 Å². The van der Waals surface area contributed by atoms with Gasteiger partial charge in [0.2, 0.25) is 16.9 Å². The monoisotopic (exact) mass is 428 g/mol. The van der Waals surface area contributed by atoms with Crippen molar-refractivity contribution in [3.63, 3.8) is 0 Å². The van der Waals surface area contributed by atoms with Gasteiger partial charge in [-0.2, -0.15) is 0 Å². The van der Waals surface area contributed by atoms with E-state index in [2.05, 4.69) is 0 Å². The zero-order chi connectivity index (χ0) is 22.7. The quantitative estimate of drug-likeness (QED) is 0.431. The van der Waals surface area contributed by atoms with Crippen LogP contribution in [0.15, 0.2) is 39.5 Å². The van der Waals surface area contributed by atoms with Crippen molar-refractivity contribution >= 4 is 22.9 Å². The Morgan fingerprint density at radius 1 is 0.806 bits per heavy atom. The van der Waals surface area contributed by atoms with Gasteiger partial charge in [0.15, 0.2) is 17.3 Å². The summed E-state index contributed by atoms with van der Waals surface area (Å²) in [5, 5.41) is 0.0247. The fourth-order valence-corrected chi connectivity index (χ4v) is 3.07. The zero-order valence-corrected chi connectivity index (χ0v) is 17.6. The number of methoxy groups -OCH3 is 3. The third-order valence-corrected chi connectivity index (χ3v) is 4.27. The molecule has 0 amide bonds. The van der Waals surface area contributed by atoms with E-state index in [-0.39, 0.29) is 39.7 Å². The van der Waals surface area contributed by atoms with Crippen LogP contribution in [0, 0.1) is 0 Å². The minimum absolute atomic E-state index is 0.0200. The number of rotatable bonds is 6. The number of carbonyl (C=O) groups is 2. The number of ether oxygens (including phenoxy) is 5. The molecule has 0 bridgehead atoms. The van der Waals surface area contributed by atoms with Crippen LogP contribution in [-0.2, 0) is 9.59 Å². The van der Waals surface area contributed by atoms with Crippen LogP contribution >= 0.6 is 0 Å². The van der Waals surface area contributed by atoms with E-state index in [4.69, 9.17) is 28.1 Å². The Morgan fingerprint density at radius 2 is 1.42 bits per heavy atom. The molecule has 0 radical (unpaired) electrons. The predicted octanol–water partition coefficient (Wildman–Crippen LogP) is 3.34. The molecule has 0 unspecified atom stereocenters. The molecule has 162 valence electrons. The maximum absolute atomic E-state index is 13.3. The largest absolute Gasteiger partial charge is 0.493 e. The highest BCUT2D eigenvalue weighted by Gasteiger charge is 2.26. The minimum atomic E-state index is -0.614. The van der Waals surface area contributed by atoms with Gasteiger partial charge in [0.05, 0.1) is 21.3 Å². The summed E-state index contributed by atoms with van der Waals surface area (Å²) in [7, 11) is 4.04. The highest BCUT2D eigenvalue weighted by molar-refractivity contribution is 5.92. The van der Waals surface area contributed by atoms with E-state index in [1.54, 1.807) is 24.3 Å². The van der Waals surface area contributed by atoms with Gasteiger partial charge in [-0.1, -0.05) is 0 Å². The van der Waals surface area contributed by atoms with Gasteiger partial charge in [0.25, 0.3) is 0 Å². The van der Waals surface area contributed by atoms with E-state index in [0.29, 0.717) is 11.3 Å². The number of carbonyl (C=O) groups excluding carboxylic acids is 2. The Bertz CT molecular complexity index is 1210. The number of esters is 2. The molecule has 0 aliphatic rings. The smallest absolute Gasteiger partial charge is 0.308 e.